The fraction of sp³-hybridized carbons (Fsp3) is 0.222. The smallest absolute Gasteiger partial charge is 0.274 e. The van der Waals surface area contributed by atoms with Crippen LogP contribution in [-0.2, 0) is 4.84 Å². The molecule has 1 aromatic carbocycles. The van der Waals surface area contributed by atoms with E-state index in [4.69, 9.17) is 16.4 Å². The first-order chi connectivity index (χ1) is 6.25. The molecule has 0 unspecified atom stereocenters. The van der Waals surface area contributed by atoms with Gasteiger partial charge in [-0.3, -0.25) is 9.63 Å². The number of nitrogens with one attached hydrogen (secondary N) is 1. The Bertz CT molecular complexity index is 301. The zero-order valence-corrected chi connectivity index (χ0v) is 7.97. The van der Waals surface area contributed by atoms with Crippen molar-refractivity contribution in [3.63, 3.8) is 0 Å². The predicted molar refractivity (Wildman–Crippen MR) is 50.5 cm³/mol. The minimum absolute atomic E-state index is 0.326. The number of rotatable bonds is 3. The van der Waals surface area contributed by atoms with Gasteiger partial charge in [-0.15, -0.1) is 0 Å². The van der Waals surface area contributed by atoms with E-state index < -0.39 is 0 Å². The molecule has 0 heterocycles. The van der Waals surface area contributed by atoms with Crippen molar-refractivity contribution >= 4 is 17.5 Å². The molecule has 13 heavy (non-hydrogen) atoms. The molecule has 0 atom stereocenters. The summed E-state index contributed by atoms with van der Waals surface area (Å²) in [6.45, 7) is 2.21. The van der Waals surface area contributed by atoms with E-state index >= 15 is 0 Å². The molecule has 0 fully saturated rings. The Balaban J connectivity index is 2.71. The first-order valence-electron chi connectivity index (χ1n) is 3.92. The van der Waals surface area contributed by atoms with Crippen molar-refractivity contribution in [3.8, 4) is 0 Å². The molecule has 1 amide bonds. The molecule has 0 spiro atoms. The zero-order chi connectivity index (χ0) is 9.68. The third-order valence-corrected chi connectivity index (χ3v) is 1.76. The van der Waals surface area contributed by atoms with Gasteiger partial charge in [0.2, 0.25) is 0 Å². The van der Waals surface area contributed by atoms with E-state index in [1.807, 2.05) is 0 Å². The summed E-state index contributed by atoms with van der Waals surface area (Å²) in [4.78, 5) is 16.1. The van der Waals surface area contributed by atoms with Crippen molar-refractivity contribution in [2.75, 3.05) is 6.61 Å². The highest BCUT2D eigenvalue weighted by molar-refractivity contribution is 6.33. The van der Waals surface area contributed by atoms with Gasteiger partial charge in [0.1, 0.15) is 0 Å². The molecule has 1 N–H and O–H groups in total. The normalized spacial score (nSPS) is 9.69. The number of hydrogen-bond acceptors (Lipinski definition) is 2. The zero-order valence-electron chi connectivity index (χ0n) is 7.21. The first-order valence-corrected chi connectivity index (χ1v) is 4.30. The second-order valence-electron chi connectivity index (χ2n) is 2.34. The summed E-state index contributed by atoms with van der Waals surface area (Å²) in [5, 5.41) is 0.416. The van der Waals surface area contributed by atoms with Gasteiger partial charge in [-0.05, 0) is 19.1 Å². The third-order valence-electron chi connectivity index (χ3n) is 1.43. The van der Waals surface area contributed by atoms with Crippen LogP contribution in [0, 0.1) is 0 Å². The maximum Gasteiger partial charge on any atom is 0.276 e. The Labute approximate surface area is 81.6 Å². The fourth-order valence-electron chi connectivity index (χ4n) is 0.838. The van der Waals surface area contributed by atoms with Gasteiger partial charge in [0.05, 0.1) is 17.2 Å². The molecule has 70 valence electrons. The quantitative estimate of drug-likeness (QED) is 0.757. The van der Waals surface area contributed by atoms with Crippen LogP contribution in [-0.4, -0.2) is 12.5 Å². The highest BCUT2D eigenvalue weighted by Crippen LogP contribution is 2.14. The second kappa shape index (κ2) is 4.84. The SMILES string of the molecule is CCONC(=O)c1ccccc1Cl. The molecule has 3 nitrogen and oxygen atoms in total. The van der Waals surface area contributed by atoms with Gasteiger partial charge in [-0.25, -0.2) is 5.48 Å². The number of halogens is 1. The lowest BCUT2D eigenvalue weighted by Gasteiger charge is -2.04. The van der Waals surface area contributed by atoms with E-state index in [0.717, 1.165) is 0 Å². The summed E-state index contributed by atoms with van der Waals surface area (Å²) in [6, 6.07) is 6.80. The molecule has 1 aromatic rings. The molecule has 0 aliphatic rings. The summed E-state index contributed by atoms with van der Waals surface area (Å²) in [5.74, 6) is -0.326. The monoisotopic (exact) mass is 199 g/mol. The highest BCUT2D eigenvalue weighted by atomic mass is 35.5. The Morgan fingerprint density at radius 3 is 2.85 bits per heavy atom. The maximum atomic E-state index is 11.3. The van der Waals surface area contributed by atoms with Crippen LogP contribution in [0.3, 0.4) is 0 Å². The standard InChI is InChI=1S/C9H10ClNO2/c1-2-13-11-9(12)7-5-3-4-6-8(7)10/h3-6H,2H2,1H3,(H,11,12). The van der Waals surface area contributed by atoms with Crippen molar-refractivity contribution in [2.45, 2.75) is 6.92 Å². The van der Waals surface area contributed by atoms with Crippen LogP contribution in [0.1, 0.15) is 17.3 Å². The van der Waals surface area contributed by atoms with Crippen molar-refractivity contribution in [1.82, 2.24) is 5.48 Å². The molecule has 0 saturated heterocycles. The predicted octanol–water partition coefficient (Wildman–Crippen LogP) is 2.02. The average Bonchev–Trinajstić information content (AvgIpc) is 2.15. The third kappa shape index (κ3) is 2.72. The number of amides is 1. The van der Waals surface area contributed by atoms with Crippen LogP contribution in [0.5, 0.6) is 0 Å². The van der Waals surface area contributed by atoms with Gasteiger partial charge in [0, 0.05) is 0 Å². The Morgan fingerprint density at radius 1 is 1.54 bits per heavy atom. The fourth-order valence-corrected chi connectivity index (χ4v) is 1.06. The highest BCUT2D eigenvalue weighted by Gasteiger charge is 2.07. The van der Waals surface area contributed by atoms with Crippen LogP contribution in [0.15, 0.2) is 24.3 Å². The van der Waals surface area contributed by atoms with E-state index in [-0.39, 0.29) is 5.91 Å². The first kappa shape index (κ1) is 10.0. The van der Waals surface area contributed by atoms with Crippen molar-refractivity contribution in [2.24, 2.45) is 0 Å². The molecule has 1 rings (SSSR count). The lowest BCUT2D eigenvalue weighted by Crippen LogP contribution is -2.23. The molecule has 0 aromatic heterocycles. The summed E-state index contributed by atoms with van der Waals surface area (Å²) in [5.41, 5.74) is 2.68. The van der Waals surface area contributed by atoms with Gasteiger partial charge in [-0.2, -0.15) is 0 Å². The molecule has 0 aliphatic heterocycles. The van der Waals surface area contributed by atoms with Gasteiger partial charge in [-0.1, -0.05) is 23.7 Å². The summed E-state index contributed by atoms with van der Waals surface area (Å²) >= 11 is 5.78. The lowest BCUT2D eigenvalue weighted by atomic mass is 10.2. The Hall–Kier alpha value is -1.06. The van der Waals surface area contributed by atoms with E-state index in [9.17, 15) is 4.79 Å². The minimum Gasteiger partial charge on any atom is -0.274 e. The number of carbonyl (C=O) groups excluding carboxylic acids is 1. The summed E-state index contributed by atoms with van der Waals surface area (Å²) in [6.07, 6.45) is 0. The topological polar surface area (TPSA) is 38.3 Å². The van der Waals surface area contributed by atoms with Crippen LogP contribution >= 0.6 is 11.6 Å². The van der Waals surface area contributed by atoms with Gasteiger partial charge >= 0.3 is 0 Å². The number of carbonyl (C=O) groups is 1. The average molecular weight is 200 g/mol. The van der Waals surface area contributed by atoms with Crippen LogP contribution in [0.4, 0.5) is 0 Å². The molecule has 0 saturated carbocycles. The number of hydrogen-bond donors (Lipinski definition) is 1. The molecule has 0 radical (unpaired) electrons. The van der Waals surface area contributed by atoms with E-state index in [1.165, 1.54) is 0 Å². The van der Waals surface area contributed by atoms with Gasteiger partial charge in [0.25, 0.3) is 5.91 Å². The molecule has 0 aliphatic carbocycles. The molecule has 4 heteroatoms. The second-order valence-corrected chi connectivity index (χ2v) is 2.75. The van der Waals surface area contributed by atoms with Crippen molar-refractivity contribution in [3.05, 3.63) is 34.9 Å². The Morgan fingerprint density at radius 2 is 2.23 bits per heavy atom. The molecular weight excluding hydrogens is 190 g/mol. The maximum absolute atomic E-state index is 11.3. The molecule has 0 bridgehead atoms. The van der Waals surface area contributed by atoms with Gasteiger partial charge in [0.15, 0.2) is 0 Å². The van der Waals surface area contributed by atoms with E-state index in [0.29, 0.717) is 17.2 Å². The summed E-state index contributed by atoms with van der Waals surface area (Å²) < 4.78 is 0. The number of benzene rings is 1. The van der Waals surface area contributed by atoms with E-state index in [1.54, 1.807) is 31.2 Å². The molecular formula is C9H10ClNO2. The van der Waals surface area contributed by atoms with Gasteiger partial charge < -0.3 is 0 Å². The van der Waals surface area contributed by atoms with Crippen LogP contribution in [0.2, 0.25) is 5.02 Å². The van der Waals surface area contributed by atoms with Crippen molar-refractivity contribution in [1.29, 1.82) is 0 Å². The van der Waals surface area contributed by atoms with Crippen LogP contribution in [0.25, 0.3) is 0 Å². The summed E-state index contributed by atoms with van der Waals surface area (Å²) in [7, 11) is 0. The van der Waals surface area contributed by atoms with Crippen molar-refractivity contribution < 1.29 is 9.63 Å². The minimum atomic E-state index is -0.326. The van der Waals surface area contributed by atoms with E-state index in [2.05, 4.69) is 5.48 Å². The van der Waals surface area contributed by atoms with Crippen LogP contribution < -0.4 is 5.48 Å². The lowest BCUT2D eigenvalue weighted by molar-refractivity contribution is 0.0364. The Kier molecular flexibility index (Phi) is 3.73. The number of hydroxylamine groups is 1. The largest absolute Gasteiger partial charge is 0.276 e.